The first-order valence-corrected chi connectivity index (χ1v) is 10.6. The van der Waals surface area contributed by atoms with Gasteiger partial charge in [-0.3, -0.25) is 4.79 Å². The number of hydrogen-bond acceptors (Lipinski definition) is 6. The molecule has 1 unspecified atom stereocenters. The molecule has 7 nitrogen and oxygen atoms in total. The van der Waals surface area contributed by atoms with Crippen LogP contribution in [0.15, 0.2) is 24.3 Å². The van der Waals surface area contributed by atoms with Gasteiger partial charge in [0.25, 0.3) is 0 Å². The van der Waals surface area contributed by atoms with Crippen molar-refractivity contribution < 1.29 is 42.9 Å². The van der Waals surface area contributed by atoms with Crippen LogP contribution in [0.5, 0.6) is 23.0 Å². The molecule has 2 aromatic rings. The van der Waals surface area contributed by atoms with Crippen molar-refractivity contribution in [2.24, 2.45) is 0 Å². The summed E-state index contributed by atoms with van der Waals surface area (Å²) in [5, 5.41) is 0. The number of ether oxygens (including phenoxy) is 4. The summed E-state index contributed by atoms with van der Waals surface area (Å²) < 4.78 is 135. The van der Waals surface area contributed by atoms with Crippen LogP contribution in [0.3, 0.4) is 0 Å². The first-order valence-electron chi connectivity index (χ1n) is 17.6. The number of rotatable bonds is 10. The molecular formula is C27H36N2O5. The Kier molecular flexibility index (Phi) is 3.77. The SMILES string of the molecule is [2H]C([2H])([2H])Oc1cc2c(cc1OC)C(C([2H])([2H])N(C)C([2H])([2H])CCN1C(=O)Cc3cc(OC)c(OC([2H])([2H])[2H])cc3C([2H])([2H])C1([2H])[2H])C2. The Bertz CT molecular complexity index is 1560. The van der Waals surface area contributed by atoms with E-state index in [-0.39, 0.29) is 40.5 Å². The lowest BCUT2D eigenvalue weighted by atomic mass is 9.77. The summed E-state index contributed by atoms with van der Waals surface area (Å²) in [6.07, 6.45) is -3.96. The molecule has 34 heavy (non-hydrogen) atoms. The zero-order valence-corrected chi connectivity index (χ0v) is 19.2. The minimum absolute atomic E-state index is 0.0223. The van der Waals surface area contributed by atoms with Gasteiger partial charge in [0.15, 0.2) is 23.0 Å². The Morgan fingerprint density at radius 2 is 1.68 bits per heavy atom. The zero-order chi connectivity index (χ0) is 36.4. The van der Waals surface area contributed by atoms with Crippen LogP contribution < -0.4 is 18.9 Å². The number of amides is 1. The third-order valence-corrected chi connectivity index (χ3v) is 5.84. The summed E-state index contributed by atoms with van der Waals surface area (Å²) in [7, 11) is -1.96. The van der Waals surface area contributed by atoms with Crippen molar-refractivity contribution in [1.82, 2.24) is 9.80 Å². The van der Waals surface area contributed by atoms with Crippen molar-refractivity contribution in [1.29, 1.82) is 0 Å². The Balaban J connectivity index is 1.58. The van der Waals surface area contributed by atoms with Gasteiger partial charge in [0, 0.05) is 36.4 Å². The minimum Gasteiger partial charge on any atom is -0.493 e. The van der Waals surface area contributed by atoms with Crippen LogP contribution >= 0.6 is 0 Å². The third-order valence-electron chi connectivity index (χ3n) is 5.84. The number of nitrogens with zero attached hydrogens (tertiary/aromatic N) is 2. The van der Waals surface area contributed by atoms with E-state index in [1.54, 1.807) is 0 Å². The molecule has 0 bridgehead atoms. The van der Waals surface area contributed by atoms with Crippen molar-refractivity contribution in [2.45, 2.75) is 31.6 Å². The summed E-state index contributed by atoms with van der Waals surface area (Å²) in [4.78, 5) is 14.8. The average Bonchev–Trinajstić information content (AvgIpc) is 2.97. The summed E-state index contributed by atoms with van der Waals surface area (Å²) in [5.74, 6) is -2.24. The number of likely N-dealkylation sites (N-methyl/N-ethyl adjacent to an activating group) is 1. The van der Waals surface area contributed by atoms with Crippen LogP contribution in [0, 0.1) is 0 Å². The van der Waals surface area contributed by atoms with Crippen LogP contribution in [-0.4, -0.2) is 77.1 Å². The lowest BCUT2D eigenvalue weighted by Crippen LogP contribution is -2.36. The maximum absolute atomic E-state index is 13.4. The molecule has 0 N–H and O–H groups in total. The first kappa shape index (κ1) is 12.2. The van der Waals surface area contributed by atoms with E-state index in [2.05, 4.69) is 0 Å². The second kappa shape index (κ2) is 10.6. The van der Waals surface area contributed by atoms with Gasteiger partial charge in [0.1, 0.15) is 0 Å². The van der Waals surface area contributed by atoms with Gasteiger partial charge in [-0.15, -0.1) is 0 Å². The molecule has 0 saturated heterocycles. The molecule has 4 rings (SSSR count). The highest BCUT2D eigenvalue weighted by Gasteiger charge is 2.29. The highest BCUT2D eigenvalue weighted by Crippen LogP contribution is 2.42. The van der Waals surface area contributed by atoms with Gasteiger partial charge in [-0.05, 0) is 79.3 Å². The van der Waals surface area contributed by atoms with Crippen molar-refractivity contribution in [2.75, 3.05) is 61.4 Å². The second-order valence-electron chi connectivity index (χ2n) is 7.88. The van der Waals surface area contributed by atoms with E-state index in [0.29, 0.717) is 16.0 Å². The van der Waals surface area contributed by atoms with Crippen molar-refractivity contribution in [3.63, 3.8) is 0 Å². The zero-order valence-electron chi connectivity index (χ0n) is 33.2. The smallest absolute Gasteiger partial charge is 0.227 e. The second-order valence-corrected chi connectivity index (χ2v) is 7.88. The molecule has 1 aliphatic heterocycles. The highest BCUT2D eigenvalue weighted by atomic mass is 16.5. The molecule has 0 saturated carbocycles. The Morgan fingerprint density at radius 1 is 1.03 bits per heavy atom. The maximum Gasteiger partial charge on any atom is 0.227 e. The van der Waals surface area contributed by atoms with Crippen LogP contribution in [-0.2, 0) is 24.0 Å². The third kappa shape index (κ3) is 4.94. The largest absolute Gasteiger partial charge is 0.493 e. The molecule has 1 heterocycles. The van der Waals surface area contributed by atoms with E-state index in [9.17, 15) is 4.79 Å². The fourth-order valence-electron chi connectivity index (χ4n) is 4.01. The molecule has 0 fully saturated rings. The Labute approximate surface area is 222 Å². The van der Waals surface area contributed by atoms with Gasteiger partial charge < -0.3 is 28.7 Å². The van der Waals surface area contributed by atoms with Gasteiger partial charge in [-0.25, -0.2) is 0 Å². The number of fused-ring (bicyclic) bond motifs is 2. The number of aryl methyl sites for hydroxylation is 1. The molecule has 1 amide bonds. The number of methoxy groups -OCH3 is 4. The standard InChI is InChI=1S/C27H36N2O5/c1-28(17-21-11-20-14-25(33-4)26(34-5)16-22(20)21)8-6-9-29-10-7-18-12-23(31-2)24(32-3)13-19(18)15-27(29)30/h12-14,16,21H,6-11,15,17H2,1-5H3/i2D3,4D3,7D2,8D2,10D2,17D2. The van der Waals surface area contributed by atoms with Crippen LogP contribution in [0.25, 0.3) is 0 Å². The highest BCUT2D eigenvalue weighted by molar-refractivity contribution is 5.80. The monoisotopic (exact) mass is 482 g/mol. The predicted octanol–water partition coefficient (Wildman–Crippen LogP) is 3.31. The first-order chi connectivity index (χ1) is 21.8. The predicted molar refractivity (Wildman–Crippen MR) is 132 cm³/mol. The van der Waals surface area contributed by atoms with Crippen LogP contribution in [0.1, 0.15) is 53.8 Å². The molecule has 2 aliphatic rings. The van der Waals surface area contributed by atoms with E-state index >= 15 is 0 Å². The number of hydrogen-bond donors (Lipinski definition) is 0. The normalized spacial score (nSPS) is 27.6. The average molecular weight is 483 g/mol. The van der Waals surface area contributed by atoms with E-state index < -0.39 is 71.2 Å². The molecule has 0 spiro atoms. The van der Waals surface area contributed by atoms with Crippen LogP contribution in [0.4, 0.5) is 0 Å². The quantitative estimate of drug-likeness (QED) is 0.518. The molecule has 1 aliphatic carbocycles. The lowest BCUT2D eigenvalue weighted by Gasteiger charge is -2.34. The van der Waals surface area contributed by atoms with E-state index in [4.69, 9.17) is 38.1 Å². The summed E-state index contributed by atoms with van der Waals surface area (Å²) in [6.45, 7) is -8.53. The number of carbonyl (C=O) groups excluding carboxylic acids is 1. The molecule has 1 atom stereocenters. The summed E-state index contributed by atoms with van der Waals surface area (Å²) in [5.41, 5.74) is 0.729. The molecule has 0 aromatic heterocycles. The van der Waals surface area contributed by atoms with E-state index in [1.807, 2.05) is 0 Å². The van der Waals surface area contributed by atoms with Gasteiger partial charge in [0.2, 0.25) is 5.91 Å². The van der Waals surface area contributed by atoms with Crippen molar-refractivity contribution >= 4 is 5.91 Å². The number of benzene rings is 2. The Hall–Kier alpha value is -2.93. The van der Waals surface area contributed by atoms with Crippen molar-refractivity contribution in [3.05, 3.63) is 46.5 Å². The fourth-order valence-corrected chi connectivity index (χ4v) is 4.01. The molecule has 184 valence electrons. The topological polar surface area (TPSA) is 60.5 Å². The Morgan fingerprint density at radius 3 is 2.38 bits per heavy atom. The fraction of sp³-hybridized carbons (Fsp3) is 0.519. The van der Waals surface area contributed by atoms with Crippen molar-refractivity contribution in [3.8, 4) is 23.0 Å². The van der Waals surface area contributed by atoms with Crippen LogP contribution in [0.2, 0.25) is 0 Å². The molecule has 0 radical (unpaired) electrons. The van der Waals surface area contributed by atoms with Gasteiger partial charge >= 0.3 is 0 Å². The van der Waals surface area contributed by atoms with Gasteiger partial charge in [-0.2, -0.15) is 0 Å². The molecule has 7 heteroatoms. The molecule has 2 aromatic carbocycles. The van der Waals surface area contributed by atoms with E-state index in [0.717, 1.165) is 11.0 Å². The summed E-state index contributed by atoms with van der Waals surface area (Å²) in [6, 6.07) is 5.07. The molecular weight excluding hydrogens is 432 g/mol. The lowest BCUT2D eigenvalue weighted by molar-refractivity contribution is -0.130. The van der Waals surface area contributed by atoms with E-state index in [1.165, 1.54) is 39.5 Å². The minimum atomic E-state index is -3.06. The summed E-state index contributed by atoms with van der Waals surface area (Å²) >= 11 is 0. The number of carbonyl (C=O) groups is 1. The maximum atomic E-state index is 13.4. The van der Waals surface area contributed by atoms with Gasteiger partial charge in [-0.1, -0.05) is 0 Å². The van der Waals surface area contributed by atoms with Gasteiger partial charge in [0.05, 0.1) is 42.9 Å².